The van der Waals surface area contributed by atoms with Crippen LogP contribution in [-0.4, -0.2) is 55.1 Å². The van der Waals surface area contributed by atoms with Crippen molar-refractivity contribution in [2.24, 2.45) is 10.9 Å². The summed E-state index contributed by atoms with van der Waals surface area (Å²) in [6.45, 7) is 1.06. The molecule has 214 valence electrons. The number of nitrogens with one attached hydrogen (secondary N) is 1. The minimum Gasteiger partial charge on any atom is -0.466 e. The summed E-state index contributed by atoms with van der Waals surface area (Å²) >= 11 is 7.58. The molecule has 2 aliphatic rings. The van der Waals surface area contributed by atoms with E-state index >= 15 is 0 Å². The van der Waals surface area contributed by atoms with Gasteiger partial charge in [-0.2, -0.15) is 0 Å². The fourth-order valence-corrected chi connectivity index (χ4v) is 5.80. The van der Waals surface area contributed by atoms with Crippen molar-refractivity contribution >= 4 is 52.2 Å². The van der Waals surface area contributed by atoms with Crippen molar-refractivity contribution < 1.29 is 27.8 Å². The number of rotatable bonds is 6. The van der Waals surface area contributed by atoms with Crippen LogP contribution in [0.2, 0.25) is 5.02 Å². The second-order valence-corrected chi connectivity index (χ2v) is 10.6. The van der Waals surface area contributed by atoms with Gasteiger partial charge in [-0.15, -0.1) is 11.3 Å². The van der Waals surface area contributed by atoms with E-state index in [4.69, 9.17) is 26.8 Å². The molecule has 5 rings (SSSR count). The van der Waals surface area contributed by atoms with Crippen molar-refractivity contribution in [3.05, 3.63) is 80.0 Å². The highest BCUT2D eigenvalue weighted by Crippen LogP contribution is 2.41. The molecule has 1 aromatic carbocycles. The van der Waals surface area contributed by atoms with Gasteiger partial charge in [0.2, 0.25) is 0 Å². The Morgan fingerprint density at radius 3 is 2.54 bits per heavy atom. The van der Waals surface area contributed by atoms with Crippen LogP contribution in [0.15, 0.2) is 52.2 Å². The van der Waals surface area contributed by atoms with Gasteiger partial charge in [-0.1, -0.05) is 17.7 Å². The molecule has 1 atom stereocenters. The lowest BCUT2D eigenvalue weighted by atomic mass is 9.85. The number of nitrogen functional groups attached to an aromatic ring is 1. The molecule has 0 aliphatic carbocycles. The first-order chi connectivity index (χ1) is 19.7. The number of methoxy groups -OCH3 is 2. The number of nitrogens with zero attached hydrogens (tertiary/aromatic N) is 4. The number of aromatic nitrogens is 2. The molecule has 2 aromatic heterocycles. The quantitative estimate of drug-likeness (QED) is 0.313. The Bertz CT molecular complexity index is 1560. The minimum absolute atomic E-state index is 0.123. The summed E-state index contributed by atoms with van der Waals surface area (Å²) in [5.41, 5.74) is 7.16. The first-order valence-electron chi connectivity index (χ1n) is 12.5. The number of carbonyl (C=O) groups is 2. The van der Waals surface area contributed by atoms with Crippen LogP contribution in [0.25, 0.3) is 0 Å². The van der Waals surface area contributed by atoms with Gasteiger partial charge >= 0.3 is 11.9 Å². The van der Waals surface area contributed by atoms with Gasteiger partial charge in [-0.05, 0) is 25.0 Å². The topological polar surface area (TPSA) is 132 Å². The predicted molar refractivity (Wildman–Crippen MR) is 150 cm³/mol. The van der Waals surface area contributed by atoms with E-state index in [9.17, 15) is 18.4 Å². The molecule has 3 aromatic rings. The second-order valence-electron chi connectivity index (χ2n) is 9.31. The lowest BCUT2D eigenvalue weighted by molar-refractivity contribution is -0.136. The van der Waals surface area contributed by atoms with Gasteiger partial charge in [0, 0.05) is 41.8 Å². The van der Waals surface area contributed by atoms with E-state index in [0.29, 0.717) is 48.3 Å². The molecular weight excluding hydrogens is 578 g/mol. The number of halogens is 3. The van der Waals surface area contributed by atoms with E-state index in [0.717, 1.165) is 6.07 Å². The number of aliphatic imine (C=N–C) groups is 1. The number of esters is 2. The lowest BCUT2D eigenvalue weighted by Gasteiger charge is -2.37. The van der Waals surface area contributed by atoms with Gasteiger partial charge in [0.25, 0.3) is 0 Å². The number of amidine groups is 1. The normalized spacial score (nSPS) is 17.6. The molecule has 41 heavy (non-hydrogen) atoms. The zero-order valence-corrected chi connectivity index (χ0v) is 23.6. The molecule has 0 bridgehead atoms. The smallest absolute Gasteiger partial charge is 0.340 e. The first kappa shape index (κ1) is 28.4. The Morgan fingerprint density at radius 2 is 1.88 bits per heavy atom. The molecule has 2 aliphatic heterocycles. The number of ether oxygens (including phenoxy) is 2. The highest BCUT2D eigenvalue weighted by atomic mass is 35.5. The predicted octanol–water partition coefficient (Wildman–Crippen LogP) is 4.27. The fourth-order valence-electron chi connectivity index (χ4n) is 4.96. The number of piperidine rings is 1. The molecule has 0 amide bonds. The molecule has 0 spiro atoms. The minimum atomic E-state index is -1.23. The van der Waals surface area contributed by atoms with Crippen LogP contribution in [0.3, 0.4) is 0 Å². The number of anilines is 2. The maximum Gasteiger partial charge on any atom is 0.340 e. The van der Waals surface area contributed by atoms with E-state index in [1.54, 1.807) is 17.6 Å². The number of thiazole rings is 1. The summed E-state index contributed by atoms with van der Waals surface area (Å²) in [6.07, 6.45) is 4.18. The Labute approximate surface area is 242 Å². The van der Waals surface area contributed by atoms with Crippen molar-refractivity contribution in [1.82, 2.24) is 15.3 Å². The highest BCUT2D eigenvalue weighted by molar-refractivity contribution is 7.11. The van der Waals surface area contributed by atoms with Gasteiger partial charge in [0.15, 0.2) is 22.5 Å². The van der Waals surface area contributed by atoms with Crippen molar-refractivity contribution in [1.29, 1.82) is 0 Å². The van der Waals surface area contributed by atoms with Gasteiger partial charge in [-0.3, -0.25) is 4.99 Å². The summed E-state index contributed by atoms with van der Waals surface area (Å²) in [5.74, 6) is -2.81. The summed E-state index contributed by atoms with van der Waals surface area (Å²) < 4.78 is 38.4. The molecule has 10 nitrogen and oxygen atoms in total. The maximum atomic E-state index is 14.5. The SMILES string of the molecule is COC(=O)C1=C(C2CCN(c3cc(C(=O)OC)c(N)cn3)CC2)NC(c2nccs2)=NC1c1ccc(F)c(F)c1Cl. The van der Waals surface area contributed by atoms with Gasteiger partial charge in [-0.25, -0.2) is 28.3 Å². The zero-order chi connectivity index (χ0) is 29.3. The molecule has 0 saturated carbocycles. The van der Waals surface area contributed by atoms with Crippen LogP contribution < -0.4 is 16.0 Å². The maximum absolute atomic E-state index is 14.5. The van der Waals surface area contributed by atoms with Crippen molar-refractivity contribution in [3.8, 4) is 0 Å². The summed E-state index contributed by atoms with van der Waals surface area (Å²) in [7, 11) is 2.52. The van der Waals surface area contributed by atoms with Gasteiger partial charge < -0.3 is 25.4 Å². The van der Waals surface area contributed by atoms with E-state index < -0.39 is 34.6 Å². The zero-order valence-electron chi connectivity index (χ0n) is 22.0. The number of hydrogen-bond donors (Lipinski definition) is 2. The van der Waals surface area contributed by atoms with E-state index in [-0.39, 0.29) is 28.3 Å². The van der Waals surface area contributed by atoms with Crippen molar-refractivity contribution in [2.75, 3.05) is 37.9 Å². The average Bonchev–Trinajstić information content (AvgIpc) is 3.54. The monoisotopic (exact) mass is 602 g/mol. The largest absolute Gasteiger partial charge is 0.466 e. The number of allylic oxidation sites excluding steroid dienone is 1. The molecule has 1 unspecified atom stereocenters. The van der Waals surface area contributed by atoms with Crippen LogP contribution in [0.5, 0.6) is 0 Å². The third-order valence-electron chi connectivity index (χ3n) is 7.03. The molecule has 1 fully saturated rings. The summed E-state index contributed by atoms with van der Waals surface area (Å²) in [5, 5.41) is 5.14. The third kappa shape index (κ3) is 5.46. The van der Waals surface area contributed by atoms with Gasteiger partial charge in [0.1, 0.15) is 11.9 Å². The lowest BCUT2D eigenvalue weighted by Crippen LogP contribution is -2.41. The van der Waals surface area contributed by atoms with Crippen LogP contribution in [0, 0.1) is 17.6 Å². The Kier molecular flexibility index (Phi) is 8.18. The standard InChI is InChI=1S/C27H25ClF2N6O4S/c1-39-26(37)15-11-18(33-12-17(15)31)36-8-5-13(6-9-36)22-19(27(38)40-2)23(14-3-4-16(29)21(30)20(14)28)35-24(34-22)25-32-7-10-41-25/h3-4,7,10-13,23H,5-6,8-9,31H2,1-2H3,(H,34,35). The van der Waals surface area contributed by atoms with Crippen molar-refractivity contribution in [3.63, 3.8) is 0 Å². The number of pyridine rings is 1. The summed E-state index contributed by atoms with van der Waals surface area (Å²) in [6, 6.07) is 2.79. The van der Waals surface area contributed by atoms with Gasteiger partial charge in [0.05, 0.1) is 42.3 Å². The third-order valence-corrected chi connectivity index (χ3v) is 8.19. The van der Waals surface area contributed by atoms with Crippen LogP contribution in [0.1, 0.15) is 39.8 Å². The second kappa shape index (κ2) is 11.8. The number of benzene rings is 1. The molecular formula is C27H25ClF2N6O4S. The van der Waals surface area contributed by atoms with Crippen LogP contribution in [-0.2, 0) is 14.3 Å². The number of hydrogen-bond acceptors (Lipinski definition) is 11. The highest BCUT2D eigenvalue weighted by Gasteiger charge is 2.38. The Hall–Kier alpha value is -4.10. The Morgan fingerprint density at radius 1 is 1.15 bits per heavy atom. The fraction of sp³-hybridized carbons (Fsp3) is 0.296. The number of carbonyl (C=O) groups excluding carboxylic acids is 2. The summed E-state index contributed by atoms with van der Waals surface area (Å²) in [4.78, 5) is 40.7. The van der Waals surface area contributed by atoms with Crippen molar-refractivity contribution in [2.45, 2.75) is 18.9 Å². The van der Waals surface area contributed by atoms with Crippen LogP contribution >= 0.6 is 22.9 Å². The van der Waals surface area contributed by atoms with Crippen LogP contribution in [0.4, 0.5) is 20.3 Å². The average molecular weight is 603 g/mol. The Balaban J connectivity index is 1.51. The molecule has 1 saturated heterocycles. The molecule has 3 N–H and O–H groups in total. The van der Waals surface area contributed by atoms with E-state index in [2.05, 4.69) is 20.3 Å². The number of nitrogens with two attached hydrogens (primary N) is 1. The molecule has 14 heteroatoms. The first-order valence-corrected chi connectivity index (χ1v) is 13.8. The molecule has 4 heterocycles. The molecule has 0 radical (unpaired) electrons. The van der Waals surface area contributed by atoms with E-state index in [1.165, 1.54) is 37.8 Å². The van der Waals surface area contributed by atoms with E-state index in [1.807, 2.05) is 4.90 Å².